The monoisotopic (exact) mass is 543 g/mol. The normalized spacial score (nSPS) is 19.5. The number of nitrogens with zero attached hydrogens (tertiary/aromatic N) is 3. The number of ether oxygens (including phenoxy) is 1. The fourth-order valence-electron chi connectivity index (χ4n) is 5.00. The molecule has 2 heterocycles. The van der Waals surface area contributed by atoms with Gasteiger partial charge in [-0.05, 0) is 36.8 Å². The van der Waals surface area contributed by atoms with Gasteiger partial charge in [0.25, 0.3) is 0 Å². The van der Waals surface area contributed by atoms with Crippen molar-refractivity contribution in [2.24, 2.45) is 11.8 Å². The number of anilines is 2. The minimum absolute atomic E-state index is 0.0279. The maximum atomic E-state index is 11.3. The van der Waals surface area contributed by atoms with Gasteiger partial charge in [-0.15, -0.1) is 0 Å². The van der Waals surface area contributed by atoms with E-state index in [4.69, 9.17) is 21.7 Å². The number of rotatable bonds is 9. The Morgan fingerprint density at radius 2 is 2.08 bits per heavy atom. The van der Waals surface area contributed by atoms with Crippen LogP contribution in [0.25, 0.3) is 11.3 Å². The van der Waals surface area contributed by atoms with E-state index in [1.54, 1.807) is 6.07 Å². The Kier molecular flexibility index (Phi) is 9.76. The molecule has 1 amide bonds. The zero-order valence-corrected chi connectivity index (χ0v) is 22.9. The highest BCUT2D eigenvalue weighted by Crippen LogP contribution is 2.35. The first-order valence-corrected chi connectivity index (χ1v) is 13.9. The first kappa shape index (κ1) is 28.1. The molecule has 2 fully saturated rings. The van der Waals surface area contributed by atoms with E-state index in [0.717, 1.165) is 18.5 Å². The molecule has 1 aliphatic heterocycles. The third-order valence-corrected chi connectivity index (χ3v) is 7.63. The summed E-state index contributed by atoms with van der Waals surface area (Å²) in [5.74, 6) is 1.01. The molecule has 1 aromatic heterocycles. The summed E-state index contributed by atoms with van der Waals surface area (Å²) in [6.45, 7) is 7.03. The number of hydrogen-bond donors (Lipinski definition) is 5. The summed E-state index contributed by atoms with van der Waals surface area (Å²) in [6, 6.07) is 7.34. The fourth-order valence-corrected chi connectivity index (χ4v) is 5.19. The molecule has 0 bridgehead atoms. The maximum absolute atomic E-state index is 11.3. The molecule has 2 atom stereocenters. The van der Waals surface area contributed by atoms with Gasteiger partial charge in [0.05, 0.1) is 18.4 Å². The quantitative estimate of drug-likeness (QED) is 0.208. The molecule has 206 valence electrons. The van der Waals surface area contributed by atoms with Crippen molar-refractivity contribution in [3.63, 3.8) is 0 Å². The van der Waals surface area contributed by atoms with Crippen LogP contribution in [0.15, 0.2) is 24.3 Å². The molecule has 1 aromatic carbocycles. The molecule has 2 aromatic rings. The summed E-state index contributed by atoms with van der Waals surface area (Å²) in [7, 11) is 0. The second kappa shape index (κ2) is 13.2. The van der Waals surface area contributed by atoms with Gasteiger partial charge < -0.3 is 20.6 Å². The van der Waals surface area contributed by atoms with E-state index in [2.05, 4.69) is 44.9 Å². The van der Waals surface area contributed by atoms with E-state index in [0.29, 0.717) is 53.8 Å². The Morgan fingerprint density at radius 3 is 2.79 bits per heavy atom. The van der Waals surface area contributed by atoms with Gasteiger partial charge >= 0.3 is 6.09 Å². The van der Waals surface area contributed by atoms with Crippen molar-refractivity contribution in [1.82, 2.24) is 20.3 Å². The van der Waals surface area contributed by atoms with Crippen molar-refractivity contribution >= 4 is 35.0 Å². The summed E-state index contributed by atoms with van der Waals surface area (Å²) >= 11 is 6.34. The Morgan fingerprint density at radius 1 is 1.29 bits per heavy atom. The lowest BCUT2D eigenvalue weighted by atomic mass is 9.89. The van der Waals surface area contributed by atoms with Gasteiger partial charge in [-0.3, -0.25) is 10.7 Å². The number of amides is 1. The van der Waals surface area contributed by atoms with Crippen molar-refractivity contribution in [1.29, 1.82) is 5.41 Å². The summed E-state index contributed by atoms with van der Waals surface area (Å²) in [4.78, 5) is 20.6. The second-order valence-corrected chi connectivity index (χ2v) is 10.6. The van der Waals surface area contributed by atoms with Gasteiger partial charge in [0.1, 0.15) is 5.69 Å². The SMILES string of the molecule is CCC(C)C1CN(Nc2nc(C(=N)NC(=O)O)nc(-c3cccc(Cl)c3)c2NCC2CCCCC2)CCO1. The summed E-state index contributed by atoms with van der Waals surface area (Å²) < 4.78 is 6.01. The highest BCUT2D eigenvalue weighted by Gasteiger charge is 2.27. The lowest BCUT2D eigenvalue weighted by Gasteiger charge is -2.36. The molecule has 2 unspecified atom stereocenters. The summed E-state index contributed by atoms with van der Waals surface area (Å²) in [6.07, 6.45) is 5.85. The van der Waals surface area contributed by atoms with Gasteiger partial charge in [0.2, 0.25) is 0 Å². The molecule has 11 heteroatoms. The topological polar surface area (TPSA) is 135 Å². The third kappa shape index (κ3) is 7.33. The van der Waals surface area contributed by atoms with E-state index >= 15 is 0 Å². The van der Waals surface area contributed by atoms with Gasteiger partial charge in [-0.25, -0.2) is 19.8 Å². The molecule has 10 nitrogen and oxygen atoms in total. The van der Waals surface area contributed by atoms with E-state index < -0.39 is 11.9 Å². The lowest BCUT2D eigenvalue weighted by Crippen LogP contribution is -2.48. The maximum Gasteiger partial charge on any atom is 0.410 e. The highest BCUT2D eigenvalue weighted by molar-refractivity contribution is 6.30. The summed E-state index contributed by atoms with van der Waals surface area (Å²) in [5, 5.41) is 25.8. The van der Waals surface area contributed by atoms with Crippen LogP contribution in [0.3, 0.4) is 0 Å². The number of amidine groups is 1. The fraction of sp³-hybridized carbons (Fsp3) is 0.556. The largest absolute Gasteiger partial charge is 0.465 e. The predicted molar refractivity (Wildman–Crippen MR) is 150 cm³/mol. The van der Waals surface area contributed by atoms with Crippen molar-refractivity contribution in [2.45, 2.75) is 58.5 Å². The Labute approximate surface area is 229 Å². The van der Waals surface area contributed by atoms with Gasteiger partial charge in [-0.2, -0.15) is 0 Å². The van der Waals surface area contributed by atoms with Crippen LogP contribution in [0.4, 0.5) is 16.3 Å². The van der Waals surface area contributed by atoms with Crippen LogP contribution in [-0.2, 0) is 4.74 Å². The Balaban J connectivity index is 1.74. The zero-order chi connectivity index (χ0) is 27.1. The number of benzene rings is 1. The molecule has 1 saturated heterocycles. The number of nitrogens with one attached hydrogen (secondary N) is 4. The molecule has 2 aliphatic rings. The van der Waals surface area contributed by atoms with Gasteiger partial charge in [0, 0.05) is 30.2 Å². The van der Waals surface area contributed by atoms with Crippen molar-refractivity contribution in [3.8, 4) is 11.3 Å². The molecular weight excluding hydrogens is 506 g/mol. The standard InChI is InChI=1S/C27H38ClN7O3/c1-3-17(2)21-16-35(12-13-38-21)34-25-23(30-15-18-8-5-4-6-9-18)22(19-10-7-11-20(28)14-19)31-26(33-25)24(29)32-27(36)37/h7,10-11,14,17-18,21,30H,3-6,8-9,12-13,15-16H2,1-2H3,(H2,29,32)(H,36,37)(H,31,33,34). The van der Waals surface area contributed by atoms with E-state index in [-0.39, 0.29) is 11.9 Å². The van der Waals surface area contributed by atoms with Gasteiger partial charge in [-0.1, -0.05) is 63.3 Å². The smallest absolute Gasteiger partial charge is 0.410 e. The van der Waals surface area contributed by atoms with Crippen molar-refractivity contribution in [2.75, 3.05) is 37.0 Å². The number of aromatic nitrogens is 2. The molecule has 4 rings (SSSR count). The molecule has 5 N–H and O–H groups in total. The minimum Gasteiger partial charge on any atom is -0.465 e. The number of carbonyl (C=O) groups is 1. The second-order valence-electron chi connectivity index (χ2n) is 10.2. The Bertz CT molecular complexity index is 1130. The number of morpholine rings is 1. The van der Waals surface area contributed by atoms with Crippen LogP contribution in [0.5, 0.6) is 0 Å². The number of hydrogen-bond acceptors (Lipinski definition) is 8. The molecule has 1 aliphatic carbocycles. The molecule has 1 saturated carbocycles. The van der Waals surface area contributed by atoms with Gasteiger partial charge in [0.15, 0.2) is 17.5 Å². The molecular formula is C27H38ClN7O3. The molecule has 0 spiro atoms. The zero-order valence-electron chi connectivity index (χ0n) is 22.1. The van der Waals surface area contributed by atoms with Crippen molar-refractivity contribution in [3.05, 3.63) is 35.1 Å². The lowest BCUT2D eigenvalue weighted by molar-refractivity contribution is -0.0473. The average molecular weight is 544 g/mol. The van der Waals surface area contributed by atoms with Crippen LogP contribution >= 0.6 is 11.6 Å². The molecule has 0 radical (unpaired) electrons. The van der Waals surface area contributed by atoms with Crippen LogP contribution < -0.4 is 16.1 Å². The predicted octanol–water partition coefficient (Wildman–Crippen LogP) is 5.46. The Hall–Kier alpha value is -2.95. The first-order valence-electron chi connectivity index (χ1n) is 13.5. The average Bonchev–Trinajstić information content (AvgIpc) is 2.92. The molecule has 38 heavy (non-hydrogen) atoms. The van der Waals surface area contributed by atoms with Crippen molar-refractivity contribution < 1.29 is 14.6 Å². The number of carboxylic acid groups (broad SMARTS) is 1. The van der Waals surface area contributed by atoms with E-state index in [1.165, 1.54) is 32.1 Å². The van der Waals surface area contributed by atoms with E-state index in [9.17, 15) is 9.90 Å². The third-order valence-electron chi connectivity index (χ3n) is 7.39. The summed E-state index contributed by atoms with van der Waals surface area (Å²) in [5.41, 5.74) is 5.46. The number of hydrazine groups is 1. The minimum atomic E-state index is -1.35. The first-order chi connectivity index (χ1) is 18.3. The number of halogens is 1. The van der Waals surface area contributed by atoms with Crippen LogP contribution in [-0.4, -0.2) is 64.4 Å². The van der Waals surface area contributed by atoms with Crippen LogP contribution in [0.1, 0.15) is 58.2 Å². The highest BCUT2D eigenvalue weighted by atomic mass is 35.5. The van der Waals surface area contributed by atoms with Crippen LogP contribution in [0.2, 0.25) is 5.02 Å². The van der Waals surface area contributed by atoms with Crippen LogP contribution in [0, 0.1) is 17.2 Å². The van der Waals surface area contributed by atoms with E-state index in [1.807, 2.05) is 18.2 Å².